The van der Waals surface area contributed by atoms with Crippen LogP contribution in [0.4, 0.5) is 0 Å². The van der Waals surface area contributed by atoms with Crippen LogP contribution in [-0.4, -0.2) is 39.2 Å². The molecule has 1 N–H and O–H groups in total. The summed E-state index contributed by atoms with van der Waals surface area (Å²) in [6.45, 7) is 7.10. The minimum Gasteiger partial charge on any atom is -0.481 e. The average Bonchev–Trinajstić information content (AvgIpc) is 2.94. The lowest BCUT2D eigenvalue weighted by molar-refractivity contribution is -0.137. The molecular formula is C19H25N3O3. The van der Waals surface area contributed by atoms with Crippen molar-refractivity contribution < 1.29 is 14.4 Å². The van der Waals surface area contributed by atoms with Crippen molar-refractivity contribution in [1.29, 1.82) is 0 Å². The van der Waals surface area contributed by atoms with E-state index in [0.29, 0.717) is 31.1 Å². The molecule has 1 aromatic carbocycles. The Balaban J connectivity index is 1.62. The Morgan fingerprint density at radius 2 is 2.16 bits per heavy atom. The fourth-order valence-corrected chi connectivity index (χ4v) is 3.58. The normalized spacial score (nSPS) is 17.0. The average molecular weight is 343 g/mol. The molecule has 2 aromatic rings. The molecule has 0 amide bonds. The number of carboxylic acids is 1. The molecule has 0 saturated carbocycles. The molecule has 25 heavy (non-hydrogen) atoms. The number of aliphatic carboxylic acids is 1. The van der Waals surface area contributed by atoms with Gasteiger partial charge < -0.3 is 9.63 Å². The standard InChI is InChI=1S/C19H25N3O3/c1-19(2)13-22(11-10-14-6-3-4-7-15(14)19)12-16-20-17(25-21-16)8-5-9-18(23)24/h3-4,6-7H,5,8-13H2,1-2H3,(H,23,24). The molecule has 0 saturated heterocycles. The first-order valence-corrected chi connectivity index (χ1v) is 8.78. The van der Waals surface area contributed by atoms with E-state index in [2.05, 4.69) is 53.2 Å². The van der Waals surface area contributed by atoms with Gasteiger partial charge in [0.25, 0.3) is 0 Å². The van der Waals surface area contributed by atoms with Crippen LogP contribution in [0.25, 0.3) is 0 Å². The highest BCUT2D eigenvalue weighted by molar-refractivity contribution is 5.66. The maximum absolute atomic E-state index is 10.6. The van der Waals surface area contributed by atoms with Crippen molar-refractivity contribution in [3.63, 3.8) is 0 Å². The number of aromatic nitrogens is 2. The maximum atomic E-state index is 10.6. The third kappa shape index (κ3) is 4.45. The predicted molar refractivity (Wildman–Crippen MR) is 93.3 cm³/mol. The monoisotopic (exact) mass is 343 g/mol. The summed E-state index contributed by atoms with van der Waals surface area (Å²) in [5, 5.41) is 12.8. The summed E-state index contributed by atoms with van der Waals surface area (Å²) < 4.78 is 5.25. The van der Waals surface area contributed by atoms with E-state index in [-0.39, 0.29) is 11.8 Å². The summed E-state index contributed by atoms with van der Waals surface area (Å²) >= 11 is 0. The second-order valence-electron chi connectivity index (χ2n) is 7.35. The Hall–Kier alpha value is -2.21. The second kappa shape index (κ2) is 7.35. The molecule has 134 valence electrons. The van der Waals surface area contributed by atoms with Gasteiger partial charge in [0.15, 0.2) is 5.82 Å². The molecule has 0 aliphatic carbocycles. The van der Waals surface area contributed by atoms with E-state index in [4.69, 9.17) is 9.63 Å². The molecule has 0 radical (unpaired) electrons. The summed E-state index contributed by atoms with van der Waals surface area (Å²) in [6.07, 6.45) is 2.17. The molecule has 0 spiro atoms. The van der Waals surface area contributed by atoms with Crippen molar-refractivity contribution in [3.8, 4) is 0 Å². The van der Waals surface area contributed by atoms with E-state index in [1.54, 1.807) is 0 Å². The van der Waals surface area contributed by atoms with Crippen LogP contribution >= 0.6 is 0 Å². The number of aryl methyl sites for hydroxylation is 1. The zero-order valence-corrected chi connectivity index (χ0v) is 14.9. The van der Waals surface area contributed by atoms with E-state index in [1.165, 1.54) is 11.1 Å². The Morgan fingerprint density at radius 3 is 2.96 bits per heavy atom. The van der Waals surface area contributed by atoms with Crippen LogP contribution < -0.4 is 0 Å². The van der Waals surface area contributed by atoms with E-state index in [1.807, 2.05) is 0 Å². The number of hydrogen-bond donors (Lipinski definition) is 1. The number of fused-ring (bicyclic) bond motifs is 1. The smallest absolute Gasteiger partial charge is 0.303 e. The van der Waals surface area contributed by atoms with E-state index in [0.717, 1.165) is 19.5 Å². The minimum atomic E-state index is -0.800. The third-order valence-electron chi connectivity index (χ3n) is 4.72. The Labute approximate surface area is 147 Å². The van der Waals surface area contributed by atoms with Crippen LogP contribution in [0.2, 0.25) is 0 Å². The van der Waals surface area contributed by atoms with Crippen LogP contribution in [0.1, 0.15) is 49.5 Å². The molecule has 0 atom stereocenters. The number of carboxylic acid groups (broad SMARTS) is 1. The highest BCUT2D eigenvalue weighted by Gasteiger charge is 2.29. The van der Waals surface area contributed by atoms with Crippen molar-refractivity contribution in [2.24, 2.45) is 0 Å². The zero-order valence-electron chi connectivity index (χ0n) is 14.9. The zero-order chi connectivity index (χ0) is 17.9. The minimum absolute atomic E-state index is 0.0706. The van der Waals surface area contributed by atoms with Gasteiger partial charge in [-0.05, 0) is 24.0 Å². The van der Waals surface area contributed by atoms with Crippen LogP contribution in [0.5, 0.6) is 0 Å². The lowest BCUT2D eigenvalue weighted by atomic mass is 9.82. The van der Waals surface area contributed by atoms with Crippen molar-refractivity contribution in [2.75, 3.05) is 13.1 Å². The van der Waals surface area contributed by atoms with Gasteiger partial charge in [-0.25, -0.2) is 0 Å². The molecular weight excluding hydrogens is 318 g/mol. The second-order valence-corrected chi connectivity index (χ2v) is 7.35. The molecule has 3 rings (SSSR count). The first-order valence-electron chi connectivity index (χ1n) is 8.78. The fourth-order valence-electron chi connectivity index (χ4n) is 3.58. The van der Waals surface area contributed by atoms with Gasteiger partial charge in [-0.2, -0.15) is 4.98 Å². The molecule has 1 aromatic heterocycles. The van der Waals surface area contributed by atoms with E-state index in [9.17, 15) is 4.79 Å². The molecule has 0 fully saturated rings. The van der Waals surface area contributed by atoms with E-state index >= 15 is 0 Å². The molecule has 1 aliphatic rings. The van der Waals surface area contributed by atoms with Gasteiger partial charge in [-0.15, -0.1) is 0 Å². The van der Waals surface area contributed by atoms with Crippen LogP contribution in [0, 0.1) is 0 Å². The highest BCUT2D eigenvalue weighted by atomic mass is 16.5. The van der Waals surface area contributed by atoms with Crippen molar-refractivity contribution >= 4 is 5.97 Å². The molecule has 6 heteroatoms. The number of rotatable bonds is 6. The van der Waals surface area contributed by atoms with Crippen molar-refractivity contribution in [1.82, 2.24) is 15.0 Å². The maximum Gasteiger partial charge on any atom is 0.303 e. The first kappa shape index (κ1) is 17.6. The van der Waals surface area contributed by atoms with Gasteiger partial charge in [0.05, 0.1) is 6.54 Å². The van der Waals surface area contributed by atoms with Gasteiger partial charge in [0, 0.05) is 31.3 Å². The SMILES string of the molecule is CC1(C)CN(Cc2noc(CCCC(=O)O)n2)CCc2ccccc21. The topological polar surface area (TPSA) is 79.5 Å². The predicted octanol–water partition coefficient (Wildman–Crippen LogP) is 2.81. The summed E-state index contributed by atoms with van der Waals surface area (Å²) in [5.41, 5.74) is 2.90. The summed E-state index contributed by atoms with van der Waals surface area (Å²) in [7, 11) is 0. The Kier molecular flexibility index (Phi) is 5.18. The van der Waals surface area contributed by atoms with Crippen molar-refractivity contribution in [2.45, 2.75) is 51.5 Å². The highest BCUT2D eigenvalue weighted by Crippen LogP contribution is 2.31. The van der Waals surface area contributed by atoms with Gasteiger partial charge in [-0.1, -0.05) is 43.3 Å². The fraction of sp³-hybridized carbons (Fsp3) is 0.526. The molecule has 2 heterocycles. The molecule has 1 aliphatic heterocycles. The van der Waals surface area contributed by atoms with Crippen molar-refractivity contribution in [3.05, 3.63) is 47.1 Å². The lowest BCUT2D eigenvalue weighted by Crippen LogP contribution is -2.35. The summed E-state index contributed by atoms with van der Waals surface area (Å²) in [4.78, 5) is 17.4. The van der Waals surface area contributed by atoms with Crippen LogP contribution in [-0.2, 0) is 29.6 Å². The molecule has 0 unspecified atom stereocenters. The third-order valence-corrected chi connectivity index (χ3v) is 4.72. The van der Waals surface area contributed by atoms with E-state index < -0.39 is 5.97 Å². The van der Waals surface area contributed by atoms with Crippen LogP contribution in [0.15, 0.2) is 28.8 Å². The Morgan fingerprint density at radius 1 is 1.36 bits per heavy atom. The summed E-state index contributed by atoms with van der Waals surface area (Å²) in [6, 6.07) is 8.66. The van der Waals surface area contributed by atoms with Gasteiger partial charge in [-0.3, -0.25) is 9.69 Å². The van der Waals surface area contributed by atoms with Crippen LogP contribution in [0.3, 0.4) is 0 Å². The number of nitrogens with zero attached hydrogens (tertiary/aromatic N) is 3. The molecule has 6 nitrogen and oxygen atoms in total. The van der Waals surface area contributed by atoms with Gasteiger partial charge in [0.1, 0.15) is 0 Å². The quantitative estimate of drug-likeness (QED) is 0.869. The first-order chi connectivity index (χ1) is 11.9. The summed E-state index contributed by atoms with van der Waals surface area (Å²) in [5.74, 6) is 0.395. The van der Waals surface area contributed by atoms with Gasteiger partial charge in [0.2, 0.25) is 5.89 Å². The number of carbonyl (C=O) groups is 1. The molecule has 0 bridgehead atoms. The lowest BCUT2D eigenvalue weighted by Gasteiger charge is -2.30. The largest absolute Gasteiger partial charge is 0.481 e. The number of hydrogen-bond acceptors (Lipinski definition) is 5. The van der Waals surface area contributed by atoms with Gasteiger partial charge >= 0.3 is 5.97 Å². The number of benzene rings is 1. The Bertz CT molecular complexity index is 739.